The number of fused-ring (bicyclic) bond motifs is 11. The molecule has 0 bridgehead atoms. The van der Waals surface area contributed by atoms with Crippen molar-refractivity contribution in [2.45, 2.75) is 12.8 Å². The Bertz CT molecular complexity index is 3400. The Kier molecular flexibility index (Phi) is 7.32. The van der Waals surface area contributed by atoms with E-state index in [0.717, 1.165) is 68.9 Å². The quantitative estimate of drug-likeness (QED) is 0.170. The predicted octanol–water partition coefficient (Wildman–Crippen LogP) is 15.4. The number of allylic oxidation sites excluding steroid dienone is 1. The third-order valence-electron chi connectivity index (χ3n) is 11.9. The predicted molar refractivity (Wildman–Crippen MR) is 242 cm³/mol. The molecule has 1 aliphatic rings. The van der Waals surface area contributed by atoms with Crippen molar-refractivity contribution in [3.05, 3.63) is 205 Å². The fourth-order valence-corrected chi connectivity index (χ4v) is 9.35. The van der Waals surface area contributed by atoms with Crippen LogP contribution in [0.3, 0.4) is 0 Å². The van der Waals surface area contributed by atoms with Crippen LogP contribution in [0, 0.1) is 0 Å². The molecule has 11 aromatic rings. The second-order valence-corrected chi connectivity index (χ2v) is 15.2. The first-order valence-corrected chi connectivity index (χ1v) is 20.0. The molecular weight excluding hydrogens is 709 g/mol. The zero-order valence-corrected chi connectivity index (χ0v) is 31.6. The molecule has 9 aromatic carbocycles. The number of rotatable bonds is 6. The van der Waals surface area contributed by atoms with Gasteiger partial charge in [0.15, 0.2) is 0 Å². The second kappa shape index (κ2) is 13.0. The van der Waals surface area contributed by atoms with Crippen molar-refractivity contribution in [2.75, 3.05) is 9.80 Å². The average Bonchev–Trinajstić information content (AvgIpc) is 3.86. The van der Waals surface area contributed by atoms with Gasteiger partial charge in [0.1, 0.15) is 22.5 Å². The van der Waals surface area contributed by atoms with Crippen LogP contribution in [-0.4, -0.2) is 0 Å². The first kappa shape index (κ1) is 32.7. The molecule has 2 heterocycles. The van der Waals surface area contributed by atoms with Gasteiger partial charge in [-0.15, -0.1) is 0 Å². The highest BCUT2D eigenvalue weighted by atomic mass is 16.3. The Morgan fingerprint density at radius 1 is 0.362 bits per heavy atom. The van der Waals surface area contributed by atoms with Crippen LogP contribution < -0.4 is 9.80 Å². The Balaban J connectivity index is 0.996. The van der Waals surface area contributed by atoms with Gasteiger partial charge in [-0.25, -0.2) is 0 Å². The second-order valence-electron chi connectivity index (χ2n) is 15.2. The largest absolute Gasteiger partial charge is 0.456 e. The van der Waals surface area contributed by atoms with Crippen molar-refractivity contribution in [2.24, 2.45) is 0 Å². The van der Waals surface area contributed by atoms with Gasteiger partial charge in [-0.05, 0) is 107 Å². The highest BCUT2D eigenvalue weighted by molar-refractivity contribution is 6.24. The van der Waals surface area contributed by atoms with E-state index in [2.05, 4.69) is 204 Å². The van der Waals surface area contributed by atoms with Gasteiger partial charge in [-0.1, -0.05) is 109 Å². The molecule has 0 atom stereocenters. The van der Waals surface area contributed by atoms with Crippen LogP contribution in [0.15, 0.2) is 203 Å². The van der Waals surface area contributed by atoms with Gasteiger partial charge < -0.3 is 18.6 Å². The van der Waals surface area contributed by atoms with E-state index in [-0.39, 0.29) is 0 Å². The minimum Gasteiger partial charge on any atom is -0.456 e. The summed E-state index contributed by atoms with van der Waals surface area (Å²) in [4.78, 5) is 4.74. The summed E-state index contributed by atoms with van der Waals surface area (Å²) in [6.45, 7) is 0. The summed E-state index contributed by atoms with van der Waals surface area (Å²) in [5.41, 5.74) is 10.7. The van der Waals surface area contributed by atoms with Crippen LogP contribution in [0.1, 0.15) is 17.7 Å². The third-order valence-corrected chi connectivity index (χ3v) is 11.9. The standard InChI is InChI=1S/C54H36N2O2/c1-3-17-37(18-4-1)55(47-23-11-15-35-13-7-9-21-41(35)47)39-25-27-45-51(33-39)57-49-31-29-44-43(53(45)49)30-32-50-54(44)46-28-26-40(34-52(46)58-50)56(38-19-5-2-6-20-38)48-24-12-16-36-14-8-10-22-42(36)48/h1-25,27,29-34H,26,28H2. The summed E-state index contributed by atoms with van der Waals surface area (Å²) in [6, 6.07) is 66.9. The van der Waals surface area contributed by atoms with Gasteiger partial charge in [-0.2, -0.15) is 0 Å². The number of benzene rings is 9. The van der Waals surface area contributed by atoms with Crippen molar-refractivity contribution < 1.29 is 8.83 Å². The number of anilines is 5. The molecule has 0 saturated heterocycles. The molecule has 12 rings (SSSR count). The lowest BCUT2D eigenvalue weighted by Crippen LogP contribution is -2.19. The zero-order chi connectivity index (χ0) is 38.2. The molecule has 58 heavy (non-hydrogen) atoms. The average molecular weight is 745 g/mol. The summed E-state index contributed by atoms with van der Waals surface area (Å²) in [7, 11) is 0. The van der Waals surface area contributed by atoms with Gasteiger partial charge in [0.05, 0.1) is 11.4 Å². The molecule has 0 N–H and O–H groups in total. The van der Waals surface area contributed by atoms with E-state index in [9.17, 15) is 0 Å². The van der Waals surface area contributed by atoms with Gasteiger partial charge >= 0.3 is 0 Å². The summed E-state index contributed by atoms with van der Waals surface area (Å²) < 4.78 is 13.5. The third kappa shape index (κ3) is 5.08. The Labute approximate surface area is 335 Å². The fraction of sp³-hybridized carbons (Fsp3) is 0.0370. The molecular formula is C54H36N2O2. The molecule has 0 unspecified atom stereocenters. The zero-order valence-electron chi connectivity index (χ0n) is 31.6. The van der Waals surface area contributed by atoms with E-state index in [4.69, 9.17) is 8.83 Å². The maximum absolute atomic E-state index is 6.74. The normalized spacial score (nSPS) is 12.8. The highest BCUT2D eigenvalue weighted by Crippen LogP contribution is 2.46. The van der Waals surface area contributed by atoms with Crippen molar-refractivity contribution in [1.82, 2.24) is 0 Å². The van der Waals surface area contributed by atoms with Crippen LogP contribution in [0.5, 0.6) is 0 Å². The summed E-state index contributed by atoms with van der Waals surface area (Å²) in [6.07, 6.45) is 4.02. The molecule has 4 heteroatoms. The smallest absolute Gasteiger partial charge is 0.137 e. The number of aryl methyl sites for hydroxylation is 1. The molecule has 0 amide bonds. The van der Waals surface area contributed by atoms with E-state index in [1.807, 2.05) is 0 Å². The molecule has 1 aliphatic carbocycles. The first-order chi connectivity index (χ1) is 28.8. The SMILES string of the molecule is C1=C(N(c2ccccc2)c2cccc3ccccc23)CCc2c1oc1ccc3c(ccc4oc5cc(N(c6ccccc6)c6cccc7ccccc67)ccc5c43)c21. The number of hydrogen-bond donors (Lipinski definition) is 0. The molecule has 0 aliphatic heterocycles. The number of furan rings is 2. The first-order valence-electron chi connectivity index (χ1n) is 20.0. The number of para-hydroxylation sites is 2. The van der Waals surface area contributed by atoms with Crippen LogP contribution in [0.2, 0.25) is 0 Å². The maximum atomic E-state index is 6.74. The van der Waals surface area contributed by atoms with Crippen LogP contribution in [-0.2, 0) is 6.42 Å². The van der Waals surface area contributed by atoms with Gasteiger partial charge in [-0.3, -0.25) is 0 Å². The van der Waals surface area contributed by atoms with Gasteiger partial charge in [0.2, 0.25) is 0 Å². The Morgan fingerprint density at radius 3 is 1.60 bits per heavy atom. The van der Waals surface area contributed by atoms with E-state index in [0.29, 0.717) is 0 Å². The summed E-state index contributed by atoms with van der Waals surface area (Å²) in [5.74, 6) is 0.932. The molecule has 2 aromatic heterocycles. The van der Waals surface area contributed by atoms with Crippen LogP contribution in [0.25, 0.3) is 71.3 Å². The van der Waals surface area contributed by atoms with Crippen molar-refractivity contribution >= 4 is 99.7 Å². The van der Waals surface area contributed by atoms with E-state index < -0.39 is 0 Å². The van der Waals surface area contributed by atoms with Gasteiger partial charge in [0, 0.05) is 67.4 Å². The fourth-order valence-electron chi connectivity index (χ4n) is 9.35. The van der Waals surface area contributed by atoms with E-state index >= 15 is 0 Å². The van der Waals surface area contributed by atoms with E-state index in [1.54, 1.807) is 0 Å². The number of hydrogen-bond acceptors (Lipinski definition) is 4. The maximum Gasteiger partial charge on any atom is 0.137 e. The topological polar surface area (TPSA) is 32.8 Å². The molecule has 0 fully saturated rings. The summed E-state index contributed by atoms with van der Waals surface area (Å²) in [5, 5.41) is 10.6. The van der Waals surface area contributed by atoms with Crippen molar-refractivity contribution in [3.8, 4) is 0 Å². The molecule has 0 spiro atoms. The molecule has 0 saturated carbocycles. The van der Waals surface area contributed by atoms with Crippen molar-refractivity contribution in [1.29, 1.82) is 0 Å². The lowest BCUT2D eigenvalue weighted by Gasteiger charge is -2.30. The minimum absolute atomic E-state index is 0.859. The lowest BCUT2D eigenvalue weighted by molar-refractivity contribution is 0.593. The van der Waals surface area contributed by atoms with Crippen LogP contribution in [0.4, 0.5) is 28.4 Å². The monoisotopic (exact) mass is 744 g/mol. The Hall–Kier alpha value is -7.56. The molecule has 4 nitrogen and oxygen atoms in total. The van der Waals surface area contributed by atoms with Crippen LogP contribution >= 0.6 is 0 Å². The van der Waals surface area contributed by atoms with Gasteiger partial charge in [0.25, 0.3) is 0 Å². The highest BCUT2D eigenvalue weighted by Gasteiger charge is 2.26. The number of nitrogens with zero attached hydrogens (tertiary/aromatic N) is 2. The minimum atomic E-state index is 0.859. The Morgan fingerprint density at radius 2 is 0.914 bits per heavy atom. The van der Waals surface area contributed by atoms with Crippen molar-refractivity contribution in [3.63, 3.8) is 0 Å². The summed E-state index contributed by atoms with van der Waals surface area (Å²) >= 11 is 0. The molecule has 274 valence electrons. The molecule has 0 radical (unpaired) electrons. The van der Waals surface area contributed by atoms with E-state index in [1.165, 1.54) is 54.7 Å². The lowest BCUT2D eigenvalue weighted by atomic mass is 9.93.